The van der Waals surface area contributed by atoms with Crippen LogP contribution in [0.15, 0.2) is 24.3 Å². The highest BCUT2D eigenvalue weighted by Gasteiger charge is 2.37. The Kier molecular flexibility index (Phi) is 2.63. The first-order chi connectivity index (χ1) is 8.27. The second-order valence-electron chi connectivity index (χ2n) is 5.22. The molecule has 1 fully saturated rings. The summed E-state index contributed by atoms with van der Waals surface area (Å²) in [6.07, 6.45) is 3.69. The van der Waals surface area contributed by atoms with Gasteiger partial charge in [-0.15, -0.1) is 0 Å². The van der Waals surface area contributed by atoms with Gasteiger partial charge >= 0.3 is 0 Å². The molecule has 2 heterocycles. The zero-order chi connectivity index (χ0) is 11.7. The van der Waals surface area contributed by atoms with E-state index in [1.165, 1.54) is 5.56 Å². The minimum atomic E-state index is 0.0228. The van der Waals surface area contributed by atoms with Gasteiger partial charge in [-0.05, 0) is 30.9 Å². The van der Waals surface area contributed by atoms with Crippen LogP contribution in [-0.2, 0) is 16.0 Å². The van der Waals surface area contributed by atoms with Gasteiger partial charge in [0.15, 0.2) is 0 Å². The Balaban J connectivity index is 1.96. The minimum Gasteiger partial charge on any atom is -0.381 e. The average molecular weight is 231 g/mol. The predicted molar refractivity (Wildman–Crippen MR) is 65.9 cm³/mol. The Morgan fingerprint density at radius 1 is 1.24 bits per heavy atom. The van der Waals surface area contributed by atoms with E-state index in [0.29, 0.717) is 6.42 Å². The molecule has 3 heteroatoms. The number of hydrogen-bond donors (Lipinski definition) is 1. The molecule has 0 aromatic heterocycles. The third kappa shape index (κ3) is 2.07. The van der Waals surface area contributed by atoms with Crippen molar-refractivity contribution in [1.29, 1.82) is 0 Å². The largest absolute Gasteiger partial charge is 0.381 e. The maximum absolute atomic E-state index is 12.0. The molecule has 1 amide bonds. The molecule has 2 aliphatic heterocycles. The fourth-order valence-electron chi connectivity index (χ4n) is 2.99. The van der Waals surface area contributed by atoms with E-state index < -0.39 is 0 Å². The number of amides is 1. The van der Waals surface area contributed by atoms with Crippen molar-refractivity contribution in [1.82, 2.24) is 0 Å². The van der Waals surface area contributed by atoms with Crippen LogP contribution < -0.4 is 5.32 Å². The Morgan fingerprint density at radius 3 is 2.94 bits per heavy atom. The molecule has 1 aromatic carbocycles. The van der Waals surface area contributed by atoms with E-state index in [1.807, 2.05) is 18.2 Å². The third-order valence-electron chi connectivity index (χ3n) is 3.80. The van der Waals surface area contributed by atoms with Gasteiger partial charge in [0.2, 0.25) is 5.91 Å². The number of hydrogen-bond acceptors (Lipinski definition) is 2. The minimum absolute atomic E-state index is 0.0228. The summed E-state index contributed by atoms with van der Waals surface area (Å²) >= 11 is 0. The van der Waals surface area contributed by atoms with Crippen molar-refractivity contribution in [2.75, 3.05) is 18.5 Å². The number of carbonyl (C=O) groups is 1. The number of para-hydroxylation sites is 1. The lowest BCUT2D eigenvalue weighted by Crippen LogP contribution is -2.35. The molecule has 1 N–H and O–H groups in total. The zero-order valence-corrected chi connectivity index (χ0v) is 9.87. The van der Waals surface area contributed by atoms with Crippen molar-refractivity contribution >= 4 is 11.6 Å². The summed E-state index contributed by atoms with van der Waals surface area (Å²) < 4.78 is 5.60. The molecule has 2 aliphatic rings. The Hall–Kier alpha value is -1.35. The number of rotatable bonds is 0. The van der Waals surface area contributed by atoms with Crippen LogP contribution >= 0.6 is 0 Å². The first-order valence-corrected chi connectivity index (χ1v) is 6.23. The molecular formula is C14H17NO2. The molecule has 0 saturated carbocycles. The Bertz CT molecular complexity index is 436. The first-order valence-electron chi connectivity index (χ1n) is 6.23. The number of benzene rings is 1. The normalized spacial score (nSPS) is 28.4. The van der Waals surface area contributed by atoms with Crippen LogP contribution in [0, 0.1) is 5.41 Å². The van der Waals surface area contributed by atoms with Crippen LogP contribution in [-0.4, -0.2) is 19.1 Å². The van der Waals surface area contributed by atoms with Gasteiger partial charge in [0.05, 0.1) is 6.61 Å². The molecule has 1 unspecified atom stereocenters. The van der Waals surface area contributed by atoms with Crippen LogP contribution in [0.5, 0.6) is 0 Å². The summed E-state index contributed by atoms with van der Waals surface area (Å²) in [7, 11) is 0. The zero-order valence-electron chi connectivity index (χ0n) is 9.87. The summed E-state index contributed by atoms with van der Waals surface area (Å²) in [6, 6.07) is 8.09. The van der Waals surface area contributed by atoms with E-state index in [-0.39, 0.29) is 11.3 Å². The maximum Gasteiger partial charge on any atom is 0.225 e. The standard InChI is InChI=1S/C14H17NO2/c16-13-9-14(6-3-7-17-10-14)8-11-4-1-2-5-12(11)15-13/h1-2,4-5H,3,6-10H2,(H,15,16). The smallest absolute Gasteiger partial charge is 0.225 e. The lowest BCUT2D eigenvalue weighted by Gasteiger charge is -2.35. The molecule has 1 spiro atoms. The first kappa shape index (κ1) is 10.8. The molecule has 0 aliphatic carbocycles. The van der Waals surface area contributed by atoms with Gasteiger partial charge in [0.1, 0.15) is 0 Å². The number of ether oxygens (including phenoxy) is 1. The average Bonchev–Trinajstić information content (AvgIpc) is 2.45. The SMILES string of the molecule is O=C1CC2(CCCOC2)Cc2ccccc2N1. The molecule has 0 bridgehead atoms. The summed E-state index contributed by atoms with van der Waals surface area (Å²) in [4.78, 5) is 12.0. The highest BCUT2D eigenvalue weighted by Crippen LogP contribution is 2.39. The van der Waals surface area contributed by atoms with Crippen molar-refractivity contribution in [2.45, 2.75) is 25.7 Å². The Labute approximate surface area is 101 Å². The van der Waals surface area contributed by atoms with Crippen LogP contribution in [0.1, 0.15) is 24.8 Å². The second kappa shape index (κ2) is 4.15. The van der Waals surface area contributed by atoms with Crippen LogP contribution in [0.3, 0.4) is 0 Å². The third-order valence-corrected chi connectivity index (χ3v) is 3.80. The highest BCUT2D eigenvalue weighted by molar-refractivity contribution is 5.92. The van der Waals surface area contributed by atoms with Gasteiger partial charge in [-0.25, -0.2) is 0 Å². The molecule has 0 radical (unpaired) electrons. The van der Waals surface area contributed by atoms with E-state index in [0.717, 1.165) is 38.2 Å². The van der Waals surface area contributed by atoms with E-state index in [1.54, 1.807) is 0 Å². The van der Waals surface area contributed by atoms with Gasteiger partial charge in [-0.2, -0.15) is 0 Å². The van der Waals surface area contributed by atoms with Crippen LogP contribution in [0.25, 0.3) is 0 Å². The number of fused-ring (bicyclic) bond motifs is 1. The summed E-state index contributed by atoms with van der Waals surface area (Å²) in [5, 5.41) is 3.00. The molecule has 3 rings (SSSR count). The molecular weight excluding hydrogens is 214 g/mol. The van der Waals surface area contributed by atoms with Crippen molar-refractivity contribution in [3.63, 3.8) is 0 Å². The lowest BCUT2D eigenvalue weighted by atomic mass is 9.75. The monoisotopic (exact) mass is 231 g/mol. The van der Waals surface area contributed by atoms with E-state index in [9.17, 15) is 4.79 Å². The fraction of sp³-hybridized carbons (Fsp3) is 0.500. The van der Waals surface area contributed by atoms with Gasteiger partial charge in [0.25, 0.3) is 0 Å². The van der Waals surface area contributed by atoms with Gasteiger partial charge in [0, 0.05) is 24.1 Å². The van der Waals surface area contributed by atoms with Crippen molar-refractivity contribution in [3.8, 4) is 0 Å². The topological polar surface area (TPSA) is 38.3 Å². The predicted octanol–water partition coefficient (Wildman–Crippen LogP) is 2.37. The van der Waals surface area contributed by atoms with E-state index in [4.69, 9.17) is 4.74 Å². The van der Waals surface area contributed by atoms with E-state index in [2.05, 4.69) is 11.4 Å². The van der Waals surface area contributed by atoms with Crippen molar-refractivity contribution < 1.29 is 9.53 Å². The van der Waals surface area contributed by atoms with Crippen LogP contribution in [0.4, 0.5) is 5.69 Å². The molecule has 90 valence electrons. The molecule has 1 saturated heterocycles. The van der Waals surface area contributed by atoms with Gasteiger partial charge in [-0.1, -0.05) is 18.2 Å². The van der Waals surface area contributed by atoms with E-state index >= 15 is 0 Å². The van der Waals surface area contributed by atoms with Crippen molar-refractivity contribution in [2.24, 2.45) is 5.41 Å². The van der Waals surface area contributed by atoms with Gasteiger partial charge in [-0.3, -0.25) is 4.79 Å². The summed E-state index contributed by atoms with van der Waals surface area (Å²) in [5.74, 6) is 0.125. The number of nitrogens with one attached hydrogen (secondary N) is 1. The number of carbonyl (C=O) groups excluding carboxylic acids is 1. The number of anilines is 1. The maximum atomic E-state index is 12.0. The van der Waals surface area contributed by atoms with Gasteiger partial charge < -0.3 is 10.1 Å². The molecule has 17 heavy (non-hydrogen) atoms. The second-order valence-corrected chi connectivity index (χ2v) is 5.22. The Morgan fingerprint density at radius 2 is 2.12 bits per heavy atom. The summed E-state index contributed by atoms with van der Waals surface area (Å²) in [5.41, 5.74) is 2.23. The fourth-order valence-corrected chi connectivity index (χ4v) is 2.99. The van der Waals surface area contributed by atoms with Crippen molar-refractivity contribution in [3.05, 3.63) is 29.8 Å². The molecule has 3 nitrogen and oxygen atoms in total. The molecule has 1 atom stereocenters. The van der Waals surface area contributed by atoms with Crippen LogP contribution in [0.2, 0.25) is 0 Å². The lowest BCUT2D eigenvalue weighted by molar-refractivity contribution is -0.120. The molecule has 1 aromatic rings. The summed E-state index contributed by atoms with van der Waals surface area (Å²) in [6.45, 7) is 1.56. The highest BCUT2D eigenvalue weighted by atomic mass is 16.5. The quantitative estimate of drug-likeness (QED) is 0.744.